The average molecular weight is 410 g/mol. The lowest BCUT2D eigenvalue weighted by Crippen LogP contribution is -2.27. The largest absolute Gasteiger partial charge is 0.457 e. The number of pyridine rings is 1. The van der Waals surface area contributed by atoms with Gasteiger partial charge in [0.1, 0.15) is 11.5 Å². The summed E-state index contributed by atoms with van der Waals surface area (Å²) in [6, 6.07) is 15.6. The molecule has 1 heterocycles. The van der Waals surface area contributed by atoms with Crippen molar-refractivity contribution in [3.05, 3.63) is 83.1 Å². The number of halogens is 1. The van der Waals surface area contributed by atoms with Gasteiger partial charge >= 0.3 is 0 Å². The molecule has 0 spiro atoms. The Morgan fingerprint density at radius 1 is 1.00 bits per heavy atom. The van der Waals surface area contributed by atoms with Crippen LogP contribution in [-0.2, 0) is 4.79 Å². The van der Waals surface area contributed by atoms with Gasteiger partial charge < -0.3 is 15.4 Å². The Morgan fingerprint density at radius 2 is 1.69 bits per heavy atom. The van der Waals surface area contributed by atoms with Gasteiger partial charge in [-0.25, -0.2) is 0 Å². The number of anilines is 1. The average Bonchev–Trinajstić information content (AvgIpc) is 2.72. The Kier molecular flexibility index (Phi) is 6.81. The highest BCUT2D eigenvalue weighted by atomic mass is 35.5. The van der Waals surface area contributed by atoms with Gasteiger partial charge in [0.2, 0.25) is 5.91 Å². The van der Waals surface area contributed by atoms with E-state index in [-0.39, 0.29) is 24.8 Å². The number of rotatable bonds is 7. The predicted molar refractivity (Wildman–Crippen MR) is 113 cm³/mol. The Hall–Kier alpha value is -3.38. The summed E-state index contributed by atoms with van der Waals surface area (Å²) in [5.74, 6) is 0.825. The normalized spacial score (nSPS) is 10.3. The van der Waals surface area contributed by atoms with E-state index >= 15 is 0 Å². The molecule has 1 aromatic heterocycles. The van der Waals surface area contributed by atoms with Crippen LogP contribution in [0, 0.1) is 6.92 Å². The molecule has 0 saturated carbocycles. The maximum Gasteiger partial charge on any atom is 0.251 e. The summed E-state index contributed by atoms with van der Waals surface area (Å²) >= 11 is 6.05. The third-order valence-corrected chi connectivity index (χ3v) is 4.59. The summed E-state index contributed by atoms with van der Waals surface area (Å²) in [7, 11) is 0. The van der Waals surface area contributed by atoms with Gasteiger partial charge in [0, 0.05) is 41.6 Å². The van der Waals surface area contributed by atoms with Gasteiger partial charge in [0.15, 0.2) is 0 Å². The van der Waals surface area contributed by atoms with E-state index in [2.05, 4.69) is 15.6 Å². The molecule has 29 heavy (non-hydrogen) atoms. The lowest BCUT2D eigenvalue weighted by atomic mass is 10.2. The molecule has 3 aromatic rings. The predicted octanol–water partition coefficient (Wildman–Crippen LogP) is 4.59. The molecule has 7 heteroatoms. The third-order valence-electron chi connectivity index (χ3n) is 4.18. The summed E-state index contributed by atoms with van der Waals surface area (Å²) in [5.41, 5.74) is 1.96. The summed E-state index contributed by atoms with van der Waals surface area (Å²) in [6.45, 7) is 2.06. The smallest absolute Gasteiger partial charge is 0.251 e. The molecule has 0 bridgehead atoms. The van der Waals surface area contributed by atoms with Crippen molar-refractivity contribution in [2.75, 3.05) is 11.9 Å². The molecule has 0 aliphatic rings. The molecule has 0 fully saturated rings. The second-order valence-electron chi connectivity index (χ2n) is 6.28. The zero-order valence-corrected chi connectivity index (χ0v) is 16.6. The Balaban J connectivity index is 1.46. The molecule has 148 valence electrons. The Morgan fingerprint density at radius 3 is 2.41 bits per heavy atom. The van der Waals surface area contributed by atoms with Crippen molar-refractivity contribution in [3.63, 3.8) is 0 Å². The standard InChI is InChI=1S/C22H20ClN3O3/c1-15-19(23)3-2-4-20(15)26-21(27)11-14-25-22(28)16-5-7-17(8-6-16)29-18-9-12-24-13-10-18/h2-10,12-13H,11,14H2,1H3,(H,25,28)(H,26,27). The van der Waals surface area contributed by atoms with Crippen LogP contribution in [0.5, 0.6) is 11.5 Å². The van der Waals surface area contributed by atoms with Gasteiger partial charge in [0.25, 0.3) is 5.91 Å². The number of benzene rings is 2. The minimum absolute atomic E-state index is 0.154. The third kappa shape index (κ3) is 5.80. The van der Waals surface area contributed by atoms with Crippen molar-refractivity contribution in [1.82, 2.24) is 10.3 Å². The maximum absolute atomic E-state index is 12.2. The van der Waals surface area contributed by atoms with E-state index in [4.69, 9.17) is 16.3 Å². The summed E-state index contributed by atoms with van der Waals surface area (Å²) in [5, 5.41) is 6.13. The molecule has 3 rings (SSSR count). The fraction of sp³-hybridized carbons (Fsp3) is 0.136. The van der Waals surface area contributed by atoms with Crippen LogP contribution in [0.2, 0.25) is 5.02 Å². The number of amides is 2. The van der Waals surface area contributed by atoms with E-state index in [0.717, 1.165) is 5.56 Å². The SMILES string of the molecule is Cc1c(Cl)cccc1NC(=O)CCNC(=O)c1ccc(Oc2ccncc2)cc1. The molecule has 6 nitrogen and oxygen atoms in total. The lowest BCUT2D eigenvalue weighted by molar-refractivity contribution is -0.116. The number of nitrogens with zero attached hydrogens (tertiary/aromatic N) is 1. The van der Waals surface area contributed by atoms with E-state index < -0.39 is 0 Å². The van der Waals surface area contributed by atoms with Crippen LogP contribution in [0.4, 0.5) is 5.69 Å². The molecule has 2 amide bonds. The van der Waals surface area contributed by atoms with E-state index in [0.29, 0.717) is 27.8 Å². The van der Waals surface area contributed by atoms with Gasteiger partial charge in [-0.15, -0.1) is 0 Å². The summed E-state index contributed by atoms with van der Waals surface area (Å²) < 4.78 is 5.67. The van der Waals surface area contributed by atoms with Gasteiger partial charge in [-0.3, -0.25) is 14.6 Å². The number of hydrogen-bond acceptors (Lipinski definition) is 4. The van der Waals surface area contributed by atoms with Crippen LogP contribution < -0.4 is 15.4 Å². The molecule has 0 radical (unpaired) electrons. The highest BCUT2D eigenvalue weighted by Crippen LogP contribution is 2.23. The van der Waals surface area contributed by atoms with Crippen molar-refractivity contribution in [1.29, 1.82) is 0 Å². The molecule has 2 aromatic carbocycles. The Labute approximate surface area is 173 Å². The summed E-state index contributed by atoms with van der Waals surface area (Å²) in [4.78, 5) is 28.3. The van der Waals surface area contributed by atoms with E-state index in [1.165, 1.54) is 0 Å². The number of carbonyl (C=O) groups is 2. The van der Waals surface area contributed by atoms with E-state index in [9.17, 15) is 9.59 Å². The highest BCUT2D eigenvalue weighted by Gasteiger charge is 2.09. The minimum atomic E-state index is -0.257. The molecule has 0 unspecified atom stereocenters. The second-order valence-corrected chi connectivity index (χ2v) is 6.68. The zero-order chi connectivity index (χ0) is 20.6. The molecule has 0 saturated heterocycles. The van der Waals surface area contributed by atoms with Crippen molar-refractivity contribution in [3.8, 4) is 11.5 Å². The van der Waals surface area contributed by atoms with Crippen LogP contribution in [0.25, 0.3) is 0 Å². The summed E-state index contributed by atoms with van der Waals surface area (Å²) in [6.07, 6.45) is 3.43. The molecule has 0 aliphatic heterocycles. The Bertz CT molecular complexity index is 992. The topological polar surface area (TPSA) is 80.3 Å². The molecule has 0 atom stereocenters. The fourth-order valence-electron chi connectivity index (χ4n) is 2.56. The molecular weight excluding hydrogens is 390 g/mol. The van der Waals surface area contributed by atoms with E-state index in [1.807, 2.05) is 6.92 Å². The molecule has 2 N–H and O–H groups in total. The van der Waals surface area contributed by atoms with Gasteiger partial charge in [-0.1, -0.05) is 17.7 Å². The van der Waals surface area contributed by atoms with Crippen LogP contribution in [0.15, 0.2) is 67.0 Å². The number of ether oxygens (including phenoxy) is 1. The minimum Gasteiger partial charge on any atom is -0.457 e. The van der Waals surface area contributed by atoms with Crippen molar-refractivity contribution >= 4 is 29.1 Å². The quantitative estimate of drug-likeness (QED) is 0.597. The molecule has 0 aliphatic carbocycles. The number of aromatic nitrogens is 1. The maximum atomic E-state index is 12.2. The monoisotopic (exact) mass is 409 g/mol. The van der Waals surface area contributed by atoms with Crippen LogP contribution in [0.3, 0.4) is 0 Å². The number of nitrogens with one attached hydrogen (secondary N) is 2. The van der Waals surface area contributed by atoms with E-state index in [1.54, 1.807) is 67.0 Å². The first-order chi connectivity index (χ1) is 14.0. The zero-order valence-electron chi connectivity index (χ0n) is 15.8. The fourth-order valence-corrected chi connectivity index (χ4v) is 2.74. The number of carbonyl (C=O) groups excluding carboxylic acids is 2. The highest BCUT2D eigenvalue weighted by molar-refractivity contribution is 6.31. The first kappa shape index (κ1) is 20.4. The van der Waals surface area contributed by atoms with Crippen molar-refractivity contribution in [2.24, 2.45) is 0 Å². The van der Waals surface area contributed by atoms with Crippen LogP contribution in [0.1, 0.15) is 22.3 Å². The first-order valence-electron chi connectivity index (χ1n) is 9.04. The van der Waals surface area contributed by atoms with Gasteiger partial charge in [-0.05, 0) is 61.0 Å². The van der Waals surface area contributed by atoms with Crippen molar-refractivity contribution in [2.45, 2.75) is 13.3 Å². The van der Waals surface area contributed by atoms with Crippen molar-refractivity contribution < 1.29 is 14.3 Å². The van der Waals surface area contributed by atoms with Crippen LogP contribution in [-0.4, -0.2) is 23.3 Å². The number of hydrogen-bond donors (Lipinski definition) is 2. The first-order valence-corrected chi connectivity index (χ1v) is 9.42. The second kappa shape index (κ2) is 9.71. The van der Waals surface area contributed by atoms with Gasteiger partial charge in [-0.2, -0.15) is 0 Å². The molecular formula is C22H20ClN3O3. The lowest BCUT2D eigenvalue weighted by Gasteiger charge is -2.10. The van der Waals surface area contributed by atoms with Gasteiger partial charge in [0.05, 0.1) is 0 Å². The van der Waals surface area contributed by atoms with Crippen LogP contribution >= 0.6 is 11.6 Å².